The Balaban J connectivity index is 1.89. The molecular weight excluding hydrogens is 245 g/mol. The number of rotatable bonds is 5. The molecule has 3 nitrogen and oxygen atoms in total. The van der Waals surface area contributed by atoms with Crippen molar-refractivity contribution < 1.29 is 13.9 Å². The molecule has 1 saturated heterocycles. The first kappa shape index (κ1) is 14.3. The fourth-order valence-corrected chi connectivity index (χ4v) is 2.36. The van der Waals surface area contributed by atoms with Crippen LogP contribution in [0.3, 0.4) is 0 Å². The Kier molecular flexibility index (Phi) is 4.42. The van der Waals surface area contributed by atoms with Crippen molar-refractivity contribution in [2.45, 2.75) is 44.8 Å². The maximum atomic E-state index is 13.8. The number of benzene rings is 1. The fourth-order valence-electron chi connectivity index (χ4n) is 2.36. The standard InChI is InChI=1S/C15H22FNO2/c1-15(2)7-5-12(19-15)10-18-14-4-3-11(6-8-17)9-13(14)16/h3-4,9,12H,5-8,10,17H2,1-2H3. The third-order valence-electron chi connectivity index (χ3n) is 3.41. The van der Waals surface area contributed by atoms with Gasteiger partial charge in [-0.05, 0) is 57.4 Å². The molecule has 0 spiro atoms. The van der Waals surface area contributed by atoms with E-state index in [4.69, 9.17) is 15.2 Å². The Morgan fingerprint density at radius 2 is 2.26 bits per heavy atom. The van der Waals surface area contributed by atoms with E-state index in [9.17, 15) is 4.39 Å². The highest BCUT2D eigenvalue weighted by molar-refractivity contribution is 5.29. The van der Waals surface area contributed by atoms with Crippen LogP contribution in [0, 0.1) is 5.82 Å². The van der Waals surface area contributed by atoms with E-state index in [-0.39, 0.29) is 23.3 Å². The smallest absolute Gasteiger partial charge is 0.165 e. The molecule has 0 radical (unpaired) electrons. The van der Waals surface area contributed by atoms with Crippen molar-refractivity contribution in [3.63, 3.8) is 0 Å². The van der Waals surface area contributed by atoms with Crippen LogP contribution in [-0.2, 0) is 11.2 Å². The van der Waals surface area contributed by atoms with Gasteiger partial charge in [0.2, 0.25) is 0 Å². The summed E-state index contributed by atoms with van der Waals surface area (Å²) in [4.78, 5) is 0. The van der Waals surface area contributed by atoms with Crippen LogP contribution in [0.5, 0.6) is 5.75 Å². The molecule has 1 atom stereocenters. The minimum atomic E-state index is -0.330. The van der Waals surface area contributed by atoms with Crippen LogP contribution in [0.1, 0.15) is 32.3 Å². The Morgan fingerprint density at radius 3 is 2.84 bits per heavy atom. The molecule has 0 amide bonds. The third-order valence-corrected chi connectivity index (χ3v) is 3.41. The summed E-state index contributed by atoms with van der Waals surface area (Å²) < 4.78 is 25.1. The van der Waals surface area contributed by atoms with Gasteiger partial charge in [0.25, 0.3) is 0 Å². The minimum absolute atomic E-state index is 0.0538. The van der Waals surface area contributed by atoms with E-state index in [0.29, 0.717) is 19.6 Å². The SMILES string of the molecule is CC1(C)CCC(COc2ccc(CCN)cc2F)O1. The average Bonchev–Trinajstić information content (AvgIpc) is 2.68. The molecule has 0 aliphatic carbocycles. The summed E-state index contributed by atoms with van der Waals surface area (Å²) in [5.41, 5.74) is 6.25. The molecule has 1 aromatic rings. The van der Waals surface area contributed by atoms with Crippen LogP contribution in [0.2, 0.25) is 0 Å². The number of halogens is 1. The zero-order valence-corrected chi connectivity index (χ0v) is 11.6. The van der Waals surface area contributed by atoms with Gasteiger partial charge in [0, 0.05) is 0 Å². The Morgan fingerprint density at radius 1 is 1.47 bits per heavy atom. The van der Waals surface area contributed by atoms with Gasteiger partial charge in [0.15, 0.2) is 11.6 Å². The fraction of sp³-hybridized carbons (Fsp3) is 0.600. The molecule has 0 aromatic heterocycles. The summed E-state index contributed by atoms with van der Waals surface area (Å²) in [6.07, 6.45) is 2.70. The molecule has 4 heteroatoms. The predicted octanol–water partition coefficient (Wildman–Crippen LogP) is 2.66. The largest absolute Gasteiger partial charge is 0.488 e. The van der Waals surface area contributed by atoms with E-state index in [1.165, 1.54) is 6.07 Å². The van der Waals surface area contributed by atoms with Crippen molar-refractivity contribution >= 4 is 0 Å². The van der Waals surface area contributed by atoms with Gasteiger partial charge in [-0.2, -0.15) is 0 Å². The summed E-state index contributed by atoms with van der Waals surface area (Å²) in [6.45, 7) is 5.05. The Hall–Kier alpha value is -1.13. The molecule has 2 rings (SSSR count). The summed E-state index contributed by atoms with van der Waals surface area (Å²) >= 11 is 0. The molecule has 106 valence electrons. The second-order valence-electron chi connectivity index (χ2n) is 5.65. The van der Waals surface area contributed by atoms with Crippen LogP contribution in [0.4, 0.5) is 4.39 Å². The summed E-state index contributed by atoms with van der Waals surface area (Å²) in [5.74, 6) is -0.0442. The van der Waals surface area contributed by atoms with Crippen molar-refractivity contribution in [3.05, 3.63) is 29.6 Å². The normalized spacial score (nSPS) is 21.6. The second kappa shape index (κ2) is 5.88. The first-order valence-electron chi connectivity index (χ1n) is 6.79. The van der Waals surface area contributed by atoms with E-state index < -0.39 is 0 Å². The molecule has 0 bridgehead atoms. The van der Waals surface area contributed by atoms with Gasteiger partial charge in [0.05, 0.1) is 11.7 Å². The monoisotopic (exact) mass is 267 g/mol. The summed E-state index contributed by atoms with van der Waals surface area (Å²) in [5, 5.41) is 0. The van der Waals surface area contributed by atoms with E-state index in [2.05, 4.69) is 13.8 Å². The predicted molar refractivity (Wildman–Crippen MR) is 72.8 cm³/mol. The van der Waals surface area contributed by atoms with E-state index in [1.807, 2.05) is 6.07 Å². The topological polar surface area (TPSA) is 44.5 Å². The summed E-state index contributed by atoms with van der Waals surface area (Å²) in [7, 11) is 0. The van der Waals surface area contributed by atoms with Crippen molar-refractivity contribution in [1.29, 1.82) is 0 Å². The first-order valence-corrected chi connectivity index (χ1v) is 6.79. The van der Waals surface area contributed by atoms with Crippen LogP contribution >= 0.6 is 0 Å². The quantitative estimate of drug-likeness (QED) is 0.892. The third kappa shape index (κ3) is 3.91. The lowest BCUT2D eigenvalue weighted by atomic mass is 10.1. The van der Waals surface area contributed by atoms with Gasteiger partial charge in [-0.25, -0.2) is 4.39 Å². The minimum Gasteiger partial charge on any atom is -0.488 e. The molecule has 1 aliphatic heterocycles. The van der Waals surface area contributed by atoms with E-state index in [1.54, 1.807) is 6.07 Å². The van der Waals surface area contributed by atoms with Gasteiger partial charge in [-0.15, -0.1) is 0 Å². The molecule has 1 heterocycles. The molecular formula is C15H22FNO2. The Labute approximate surface area is 113 Å². The molecule has 1 fully saturated rings. The van der Waals surface area contributed by atoms with Gasteiger partial charge < -0.3 is 15.2 Å². The highest BCUT2D eigenvalue weighted by Gasteiger charge is 2.32. The van der Waals surface area contributed by atoms with Gasteiger partial charge in [0.1, 0.15) is 6.61 Å². The van der Waals surface area contributed by atoms with Gasteiger partial charge >= 0.3 is 0 Å². The van der Waals surface area contributed by atoms with Gasteiger partial charge in [-0.1, -0.05) is 6.07 Å². The highest BCUT2D eigenvalue weighted by Crippen LogP contribution is 2.30. The van der Waals surface area contributed by atoms with Crippen molar-refractivity contribution in [1.82, 2.24) is 0 Å². The maximum absolute atomic E-state index is 13.8. The van der Waals surface area contributed by atoms with Crippen LogP contribution in [0.25, 0.3) is 0 Å². The number of ether oxygens (including phenoxy) is 2. The molecule has 0 saturated carbocycles. The average molecular weight is 267 g/mol. The van der Waals surface area contributed by atoms with Crippen LogP contribution in [0.15, 0.2) is 18.2 Å². The van der Waals surface area contributed by atoms with Crippen LogP contribution < -0.4 is 10.5 Å². The van der Waals surface area contributed by atoms with E-state index in [0.717, 1.165) is 18.4 Å². The first-order chi connectivity index (χ1) is 9.00. The highest BCUT2D eigenvalue weighted by atomic mass is 19.1. The number of hydrogen-bond acceptors (Lipinski definition) is 3. The zero-order valence-electron chi connectivity index (χ0n) is 11.6. The maximum Gasteiger partial charge on any atom is 0.165 e. The molecule has 1 aliphatic rings. The van der Waals surface area contributed by atoms with Crippen molar-refractivity contribution in [2.75, 3.05) is 13.2 Å². The molecule has 19 heavy (non-hydrogen) atoms. The molecule has 1 aromatic carbocycles. The lowest BCUT2D eigenvalue weighted by molar-refractivity contribution is -0.0330. The lowest BCUT2D eigenvalue weighted by Crippen LogP contribution is -2.24. The number of hydrogen-bond donors (Lipinski definition) is 1. The molecule has 2 N–H and O–H groups in total. The Bertz CT molecular complexity index is 434. The summed E-state index contributed by atoms with van der Waals surface area (Å²) in [6, 6.07) is 5.01. The van der Waals surface area contributed by atoms with E-state index >= 15 is 0 Å². The molecule has 1 unspecified atom stereocenters. The lowest BCUT2D eigenvalue weighted by Gasteiger charge is -2.19. The van der Waals surface area contributed by atoms with Crippen molar-refractivity contribution in [3.8, 4) is 5.75 Å². The van der Waals surface area contributed by atoms with Crippen LogP contribution in [-0.4, -0.2) is 24.9 Å². The second-order valence-corrected chi connectivity index (χ2v) is 5.65. The van der Waals surface area contributed by atoms with Crippen molar-refractivity contribution in [2.24, 2.45) is 5.73 Å². The number of nitrogens with two attached hydrogens (primary N) is 1. The van der Waals surface area contributed by atoms with Gasteiger partial charge in [-0.3, -0.25) is 0 Å². The zero-order chi connectivity index (χ0) is 13.9.